The quantitative estimate of drug-likeness (QED) is 0.455. The van der Waals surface area contributed by atoms with Gasteiger partial charge in [0.2, 0.25) is 0 Å². The average molecular weight is 324 g/mol. The molecule has 1 unspecified atom stereocenters. The monoisotopic (exact) mass is 324 g/mol. The van der Waals surface area contributed by atoms with Crippen molar-refractivity contribution in [3.63, 3.8) is 0 Å². The predicted octanol–water partition coefficient (Wildman–Crippen LogP) is 2.96. The fourth-order valence-corrected chi connectivity index (χ4v) is 1.97. The number of halogens is 2. The van der Waals surface area contributed by atoms with Gasteiger partial charge in [-0.15, -0.1) is 0 Å². The normalized spacial score (nSPS) is 12.7. The van der Waals surface area contributed by atoms with Crippen molar-refractivity contribution in [1.29, 1.82) is 0 Å². The van der Waals surface area contributed by atoms with E-state index in [9.17, 15) is 4.39 Å². The lowest BCUT2D eigenvalue weighted by Crippen LogP contribution is -2.10. The summed E-state index contributed by atoms with van der Waals surface area (Å²) >= 11 is 2.23. The van der Waals surface area contributed by atoms with Crippen LogP contribution in [0.4, 0.5) is 4.39 Å². The topological polar surface area (TPSA) is 18.5 Å². The first-order chi connectivity index (χ1) is 7.27. The second-order valence-electron chi connectivity index (χ2n) is 3.06. The van der Waals surface area contributed by atoms with E-state index in [1.807, 2.05) is 6.07 Å². The minimum atomic E-state index is -0.224. The third kappa shape index (κ3) is 4.44. The molecule has 1 atom stereocenters. The Bertz CT molecular complexity index is 294. The molecule has 0 saturated heterocycles. The molecule has 4 heteroatoms. The zero-order chi connectivity index (χ0) is 11.1. The molecule has 15 heavy (non-hydrogen) atoms. The van der Waals surface area contributed by atoms with Crippen molar-refractivity contribution < 1.29 is 13.9 Å². The summed E-state index contributed by atoms with van der Waals surface area (Å²) in [6.45, 7) is 1.09. The van der Waals surface area contributed by atoms with Gasteiger partial charge in [-0.2, -0.15) is 0 Å². The van der Waals surface area contributed by atoms with Gasteiger partial charge in [-0.1, -0.05) is 34.7 Å². The second-order valence-corrected chi connectivity index (χ2v) is 3.94. The van der Waals surface area contributed by atoms with Crippen LogP contribution < -0.4 is 0 Å². The molecule has 0 aliphatic carbocycles. The number of ether oxygens (including phenoxy) is 2. The van der Waals surface area contributed by atoms with Crippen LogP contribution in [0.15, 0.2) is 24.3 Å². The Morgan fingerprint density at radius 1 is 1.40 bits per heavy atom. The van der Waals surface area contributed by atoms with E-state index in [1.54, 1.807) is 13.2 Å². The molecule has 0 amide bonds. The van der Waals surface area contributed by atoms with Crippen LogP contribution in [0.1, 0.15) is 11.7 Å². The van der Waals surface area contributed by atoms with Gasteiger partial charge in [0.1, 0.15) is 5.82 Å². The molecule has 0 saturated carbocycles. The van der Waals surface area contributed by atoms with Gasteiger partial charge < -0.3 is 9.47 Å². The van der Waals surface area contributed by atoms with Crippen LogP contribution in [0.25, 0.3) is 0 Å². The molecule has 0 fully saturated rings. The third-order valence-electron chi connectivity index (χ3n) is 1.97. The number of methoxy groups -OCH3 is 1. The van der Waals surface area contributed by atoms with E-state index in [-0.39, 0.29) is 11.9 Å². The molecule has 0 heterocycles. The van der Waals surface area contributed by atoms with Gasteiger partial charge in [0.25, 0.3) is 0 Å². The second kappa shape index (κ2) is 7.14. The van der Waals surface area contributed by atoms with Crippen LogP contribution in [0.3, 0.4) is 0 Å². The molecule has 0 aliphatic rings. The summed E-state index contributed by atoms with van der Waals surface area (Å²) in [6, 6.07) is 6.52. The minimum absolute atomic E-state index is 0.0588. The maximum atomic E-state index is 13.0. The van der Waals surface area contributed by atoms with Gasteiger partial charge in [-0.25, -0.2) is 4.39 Å². The highest BCUT2D eigenvalue weighted by molar-refractivity contribution is 14.1. The molecule has 0 radical (unpaired) electrons. The van der Waals surface area contributed by atoms with Crippen LogP contribution in [-0.4, -0.2) is 24.8 Å². The summed E-state index contributed by atoms with van der Waals surface area (Å²) in [5.41, 5.74) is 0.875. The molecule has 1 aromatic carbocycles. The van der Waals surface area contributed by atoms with Crippen molar-refractivity contribution in [3.8, 4) is 0 Å². The highest BCUT2D eigenvalue weighted by atomic mass is 127. The smallest absolute Gasteiger partial charge is 0.123 e. The molecule has 0 spiro atoms. The van der Waals surface area contributed by atoms with Crippen LogP contribution in [0.5, 0.6) is 0 Å². The largest absolute Gasteiger partial charge is 0.382 e. The molecule has 0 aliphatic heterocycles. The molecule has 84 valence electrons. The number of hydrogen-bond donors (Lipinski definition) is 0. The molecule has 1 aromatic rings. The van der Waals surface area contributed by atoms with Crippen LogP contribution in [0.2, 0.25) is 0 Å². The van der Waals surface area contributed by atoms with E-state index in [4.69, 9.17) is 9.47 Å². The summed E-state index contributed by atoms with van der Waals surface area (Å²) in [5, 5.41) is 0. The van der Waals surface area contributed by atoms with Crippen LogP contribution in [0, 0.1) is 5.82 Å². The Kier molecular flexibility index (Phi) is 6.12. The molecular weight excluding hydrogens is 310 g/mol. The van der Waals surface area contributed by atoms with Crippen molar-refractivity contribution in [2.75, 3.05) is 24.8 Å². The fraction of sp³-hybridized carbons (Fsp3) is 0.455. The van der Waals surface area contributed by atoms with Crippen molar-refractivity contribution in [2.24, 2.45) is 0 Å². The first-order valence-electron chi connectivity index (χ1n) is 4.70. The van der Waals surface area contributed by atoms with Crippen LogP contribution >= 0.6 is 22.6 Å². The first kappa shape index (κ1) is 12.9. The highest BCUT2D eigenvalue weighted by Crippen LogP contribution is 2.20. The number of benzene rings is 1. The lowest BCUT2D eigenvalue weighted by Gasteiger charge is -2.15. The maximum absolute atomic E-state index is 13.0. The van der Waals surface area contributed by atoms with E-state index in [1.165, 1.54) is 12.1 Å². The van der Waals surface area contributed by atoms with E-state index in [2.05, 4.69) is 22.6 Å². The lowest BCUT2D eigenvalue weighted by atomic mass is 10.1. The summed E-state index contributed by atoms with van der Waals surface area (Å²) in [6.07, 6.45) is -0.0588. The molecule has 2 nitrogen and oxygen atoms in total. The lowest BCUT2D eigenvalue weighted by molar-refractivity contribution is 0.0291. The van der Waals surface area contributed by atoms with Gasteiger partial charge in [0, 0.05) is 11.5 Å². The zero-order valence-electron chi connectivity index (χ0n) is 8.58. The van der Waals surface area contributed by atoms with Crippen molar-refractivity contribution >= 4 is 22.6 Å². The Morgan fingerprint density at radius 2 is 2.20 bits per heavy atom. The van der Waals surface area contributed by atoms with E-state index in [0.29, 0.717) is 13.2 Å². The SMILES string of the molecule is COCCOC(CI)c1cccc(F)c1. The van der Waals surface area contributed by atoms with Crippen LogP contribution in [-0.2, 0) is 9.47 Å². The minimum Gasteiger partial charge on any atom is -0.382 e. The maximum Gasteiger partial charge on any atom is 0.123 e. The molecule has 0 N–H and O–H groups in total. The summed E-state index contributed by atoms with van der Waals surface area (Å²) in [7, 11) is 1.63. The summed E-state index contributed by atoms with van der Waals surface area (Å²) < 4.78 is 24.2. The van der Waals surface area contributed by atoms with Crippen molar-refractivity contribution in [2.45, 2.75) is 6.10 Å². The van der Waals surface area contributed by atoms with E-state index >= 15 is 0 Å². The average Bonchev–Trinajstić information content (AvgIpc) is 2.24. The number of alkyl halides is 1. The van der Waals surface area contributed by atoms with Crippen molar-refractivity contribution in [3.05, 3.63) is 35.6 Å². The van der Waals surface area contributed by atoms with E-state index < -0.39 is 0 Å². The Balaban J connectivity index is 2.57. The fourth-order valence-electron chi connectivity index (χ4n) is 1.21. The number of hydrogen-bond acceptors (Lipinski definition) is 2. The van der Waals surface area contributed by atoms with Crippen molar-refractivity contribution in [1.82, 2.24) is 0 Å². The van der Waals surface area contributed by atoms with Gasteiger partial charge >= 0.3 is 0 Å². The molecular formula is C11H14FIO2. The first-order valence-corrected chi connectivity index (χ1v) is 6.22. The zero-order valence-corrected chi connectivity index (χ0v) is 10.7. The van der Waals surface area contributed by atoms with Gasteiger partial charge in [0.15, 0.2) is 0 Å². The third-order valence-corrected chi connectivity index (χ3v) is 2.77. The molecule has 1 rings (SSSR count). The van der Waals surface area contributed by atoms with Gasteiger partial charge in [-0.05, 0) is 17.7 Å². The Hall–Kier alpha value is -0.200. The number of rotatable bonds is 6. The summed E-state index contributed by atoms with van der Waals surface area (Å²) in [4.78, 5) is 0. The molecule has 0 bridgehead atoms. The van der Waals surface area contributed by atoms with E-state index in [0.717, 1.165) is 9.99 Å². The van der Waals surface area contributed by atoms with Gasteiger partial charge in [0.05, 0.1) is 19.3 Å². The Labute approximate surface area is 103 Å². The standard InChI is InChI=1S/C11H14FIO2/c1-14-5-6-15-11(8-13)9-3-2-4-10(12)7-9/h2-4,7,11H,5-6,8H2,1H3. The molecule has 0 aromatic heterocycles. The highest BCUT2D eigenvalue weighted by Gasteiger charge is 2.10. The van der Waals surface area contributed by atoms with Gasteiger partial charge in [-0.3, -0.25) is 0 Å². The summed E-state index contributed by atoms with van der Waals surface area (Å²) in [5.74, 6) is -0.224. The predicted molar refractivity (Wildman–Crippen MR) is 65.9 cm³/mol. The Morgan fingerprint density at radius 3 is 2.80 bits per heavy atom.